The van der Waals surface area contributed by atoms with E-state index < -0.39 is 5.60 Å². The van der Waals surface area contributed by atoms with Crippen molar-refractivity contribution in [3.05, 3.63) is 29.8 Å². The Labute approximate surface area is 125 Å². The van der Waals surface area contributed by atoms with Gasteiger partial charge in [-0.2, -0.15) is 0 Å². The molecule has 0 aromatic heterocycles. The number of hydrogen-bond donors (Lipinski definition) is 3. The van der Waals surface area contributed by atoms with E-state index in [0.717, 1.165) is 30.5 Å². The first-order chi connectivity index (χ1) is 9.97. The number of rotatable bonds is 6. The quantitative estimate of drug-likeness (QED) is 0.755. The molecule has 0 aliphatic heterocycles. The van der Waals surface area contributed by atoms with E-state index in [9.17, 15) is 9.90 Å². The molecule has 1 fully saturated rings. The van der Waals surface area contributed by atoms with Crippen LogP contribution in [-0.4, -0.2) is 29.4 Å². The van der Waals surface area contributed by atoms with Crippen LogP contribution in [0, 0.1) is 0 Å². The van der Waals surface area contributed by atoms with Crippen LogP contribution >= 0.6 is 0 Å². The highest BCUT2D eigenvalue weighted by molar-refractivity contribution is 5.89. The fraction of sp³-hybridized carbons (Fsp3) is 0.562. The van der Waals surface area contributed by atoms with Crippen LogP contribution in [-0.2, 0) is 11.3 Å². The number of aliphatic hydroxyl groups is 1. The molecule has 116 valence electrons. The molecule has 0 spiro atoms. The van der Waals surface area contributed by atoms with Gasteiger partial charge in [-0.05, 0) is 50.8 Å². The molecule has 21 heavy (non-hydrogen) atoms. The number of anilines is 1. The summed E-state index contributed by atoms with van der Waals surface area (Å²) < 4.78 is 5.54. The zero-order valence-electron chi connectivity index (χ0n) is 12.7. The minimum absolute atomic E-state index is 0.174. The summed E-state index contributed by atoms with van der Waals surface area (Å²) in [5.74, 6) is 0. The van der Waals surface area contributed by atoms with Crippen LogP contribution in [0.2, 0.25) is 0 Å². The van der Waals surface area contributed by atoms with Gasteiger partial charge in [0.05, 0.1) is 18.3 Å². The molecule has 0 unspecified atom stereocenters. The molecule has 1 aliphatic carbocycles. The zero-order valence-corrected chi connectivity index (χ0v) is 12.7. The van der Waals surface area contributed by atoms with E-state index >= 15 is 0 Å². The van der Waals surface area contributed by atoms with Crippen molar-refractivity contribution in [2.75, 3.05) is 11.9 Å². The molecule has 1 aromatic rings. The molecule has 3 N–H and O–H groups in total. The van der Waals surface area contributed by atoms with Gasteiger partial charge in [-0.15, -0.1) is 0 Å². The van der Waals surface area contributed by atoms with Gasteiger partial charge in [0, 0.05) is 12.2 Å². The third kappa shape index (κ3) is 5.02. The summed E-state index contributed by atoms with van der Waals surface area (Å²) in [6.45, 7) is 4.80. The highest BCUT2D eigenvalue weighted by Crippen LogP contribution is 2.30. The molecule has 0 radical (unpaired) electrons. The minimum atomic E-state index is -0.704. The Morgan fingerprint density at radius 2 is 2.19 bits per heavy atom. The number of hydrogen-bond acceptors (Lipinski definition) is 3. The van der Waals surface area contributed by atoms with E-state index in [1.807, 2.05) is 38.1 Å². The highest BCUT2D eigenvalue weighted by atomic mass is 16.5. The summed E-state index contributed by atoms with van der Waals surface area (Å²) in [6.07, 6.45) is 2.72. The molecule has 2 rings (SSSR count). The second kappa shape index (κ2) is 6.91. The largest absolute Gasteiger partial charge is 0.388 e. The van der Waals surface area contributed by atoms with Gasteiger partial charge in [0.25, 0.3) is 0 Å². The van der Waals surface area contributed by atoms with Crippen molar-refractivity contribution >= 4 is 11.7 Å². The van der Waals surface area contributed by atoms with Crippen molar-refractivity contribution in [2.45, 2.75) is 51.4 Å². The van der Waals surface area contributed by atoms with Gasteiger partial charge in [0.15, 0.2) is 0 Å². The molecule has 5 nitrogen and oxygen atoms in total. The maximum absolute atomic E-state index is 11.8. The molecular formula is C16H24N2O3. The molecule has 1 saturated carbocycles. The predicted molar refractivity (Wildman–Crippen MR) is 82.2 cm³/mol. The van der Waals surface area contributed by atoms with E-state index in [-0.39, 0.29) is 12.1 Å². The highest BCUT2D eigenvalue weighted by Gasteiger charge is 2.34. The van der Waals surface area contributed by atoms with Crippen molar-refractivity contribution in [1.82, 2.24) is 5.32 Å². The normalized spacial score (nSPS) is 16.4. The van der Waals surface area contributed by atoms with E-state index in [2.05, 4.69) is 10.6 Å². The predicted octanol–water partition coefficient (Wildman–Crippen LogP) is 2.65. The third-order valence-corrected chi connectivity index (χ3v) is 3.63. The summed E-state index contributed by atoms with van der Waals surface area (Å²) in [5.41, 5.74) is 1.03. The van der Waals surface area contributed by atoms with Crippen molar-refractivity contribution < 1.29 is 14.6 Å². The molecule has 0 saturated heterocycles. The summed E-state index contributed by atoms with van der Waals surface area (Å²) in [4.78, 5) is 11.8. The van der Waals surface area contributed by atoms with Crippen molar-refractivity contribution in [3.8, 4) is 0 Å². The van der Waals surface area contributed by atoms with Crippen molar-refractivity contribution in [1.29, 1.82) is 0 Å². The number of carbonyl (C=O) groups is 1. The lowest BCUT2D eigenvalue weighted by Crippen LogP contribution is -2.48. The second-order valence-corrected chi connectivity index (χ2v) is 5.95. The molecular weight excluding hydrogens is 268 g/mol. The minimum Gasteiger partial charge on any atom is -0.388 e. The lowest BCUT2D eigenvalue weighted by atomic mass is 9.80. The topological polar surface area (TPSA) is 70.6 Å². The van der Waals surface area contributed by atoms with Crippen LogP contribution in [0.25, 0.3) is 0 Å². The third-order valence-electron chi connectivity index (χ3n) is 3.63. The standard InChI is InChI=1S/C16H24N2O3/c1-12(2)21-10-13-5-3-6-14(9-13)18-15(19)17-11-16(20)7-4-8-16/h3,5-6,9,12,20H,4,7-8,10-11H2,1-2H3,(H2,17,18,19). The number of amides is 2. The van der Waals surface area contributed by atoms with Crippen LogP contribution in [0.4, 0.5) is 10.5 Å². The van der Waals surface area contributed by atoms with E-state index in [1.165, 1.54) is 0 Å². The van der Waals surface area contributed by atoms with E-state index in [4.69, 9.17) is 4.74 Å². The van der Waals surface area contributed by atoms with E-state index in [1.54, 1.807) is 0 Å². The van der Waals surface area contributed by atoms with Crippen LogP contribution in [0.1, 0.15) is 38.7 Å². The summed E-state index contributed by atoms with van der Waals surface area (Å²) in [5, 5.41) is 15.4. The van der Waals surface area contributed by atoms with Gasteiger partial charge in [-0.1, -0.05) is 12.1 Å². The lowest BCUT2D eigenvalue weighted by Gasteiger charge is -2.36. The number of urea groups is 1. The van der Waals surface area contributed by atoms with Gasteiger partial charge in [0.2, 0.25) is 0 Å². The average Bonchev–Trinajstić information content (AvgIpc) is 2.41. The van der Waals surface area contributed by atoms with Crippen LogP contribution in [0.5, 0.6) is 0 Å². The Balaban J connectivity index is 1.81. The van der Waals surface area contributed by atoms with Gasteiger partial charge in [0.1, 0.15) is 0 Å². The first-order valence-electron chi connectivity index (χ1n) is 7.45. The molecule has 1 aromatic carbocycles. The van der Waals surface area contributed by atoms with Crippen LogP contribution in [0.15, 0.2) is 24.3 Å². The molecule has 0 heterocycles. The van der Waals surface area contributed by atoms with Gasteiger partial charge < -0.3 is 20.5 Å². The van der Waals surface area contributed by atoms with Gasteiger partial charge in [-0.25, -0.2) is 4.79 Å². The van der Waals surface area contributed by atoms with Crippen molar-refractivity contribution in [3.63, 3.8) is 0 Å². The summed E-state index contributed by atoms with van der Waals surface area (Å²) in [7, 11) is 0. The first-order valence-corrected chi connectivity index (χ1v) is 7.45. The Bertz CT molecular complexity index is 484. The lowest BCUT2D eigenvalue weighted by molar-refractivity contribution is -0.0287. The second-order valence-electron chi connectivity index (χ2n) is 5.95. The van der Waals surface area contributed by atoms with Crippen LogP contribution in [0.3, 0.4) is 0 Å². The maximum atomic E-state index is 11.8. The number of ether oxygens (including phenoxy) is 1. The van der Waals surface area contributed by atoms with Gasteiger partial charge in [-0.3, -0.25) is 0 Å². The molecule has 1 aliphatic rings. The van der Waals surface area contributed by atoms with Crippen LogP contribution < -0.4 is 10.6 Å². The summed E-state index contributed by atoms with van der Waals surface area (Å²) >= 11 is 0. The van der Waals surface area contributed by atoms with Gasteiger partial charge >= 0.3 is 6.03 Å². The SMILES string of the molecule is CC(C)OCc1cccc(NC(=O)NCC2(O)CCC2)c1. The summed E-state index contributed by atoms with van der Waals surface area (Å²) in [6, 6.07) is 7.27. The molecule has 5 heteroatoms. The molecule has 2 amide bonds. The number of nitrogens with one attached hydrogen (secondary N) is 2. The number of carbonyl (C=O) groups excluding carboxylic acids is 1. The average molecular weight is 292 g/mol. The zero-order chi connectivity index (χ0) is 15.3. The monoisotopic (exact) mass is 292 g/mol. The smallest absolute Gasteiger partial charge is 0.319 e. The Morgan fingerprint density at radius 3 is 2.81 bits per heavy atom. The Morgan fingerprint density at radius 1 is 1.43 bits per heavy atom. The Hall–Kier alpha value is -1.59. The first kappa shape index (κ1) is 15.8. The Kier molecular flexibility index (Phi) is 5.20. The van der Waals surface area contributed by atoms with E-state index in [0.29, 0.717) is 13.2 Å². The fourth-order valence-corrected chi connectivity index (χ4v) is 2.18. The maximum Gasteiger partial charge on any atom is 0.319 e. The number of benzene rings is 1. The molecule has 0 atom stereocenters. The van der Waals surface area contributed by atoms with Crippen molar-refractivity contribution in [2.24, 2.45) is 0 Å². The molecule has 0 bridgehead atoms. The fourth-order valence-electron chi connectivity index (χ4n) is 2.18.